The van der Waals surface area contributed by atoms with Crippen molar-refractivity contribution >= 4 is 5.91 Å². The first-order chi connectivity index (χ1) is 10.1. The molecule has 4 nitrogen and oxygen atoms in total. The number of carbonyl (C=O) groups excluding carboxylic acids is 1. The lowest BCUT2D eigenvalue weighted by Crippen LogP contribution is -2.50. The van der Waals surface area contributed by atoms with E-state index in [1.165, 1.54) is 0 Å². The van der Waals surface area contributed by atoms with Gasteiger partial charge in [-0.25, -0.2) is 0 Å². The predicted molar refractivity (Wildman–Crippen MR) is 82.2 cm³/mol. The fraction of sp³-hybridized carbons (Fsp3) is 0.235. The molecule has 4 N–H and O–H groups in total. The summed E-state index contributed by atoms with van der Waals surface area (Å²) in [6.07, 6.45) is 0. The highest BCUT2D eigenvalue weighted by Crippen LogP contribution is 2.21. The van der Waals surface area contributed by atoms with Crippen LogP contribution >= 0.6 is 0 Å². The highest BCUT2D eigenvalue weighted by molar-refractivity contribution is 5.85. The van der Waals surface area contributed by atoms with Crippen LogP contribution in [-0.2, 0) is 23.5 Å². The van der Waals surface area contributed by atoms with E-state index in [1.807, 2.05) is 54.6 Å². The average Bonchev–Trinajstić information content (AvgIpc) is 2.53. The van der Waals surface area contributed by atoms with Crippen LogP contribution in [0, 0.1) is 0 Å². The van der Waals surface area contributed by atoms with Gasteiger partial charge in [-0.2, -0.15) is 0 Å². The number of hydrogen-bond donors (Lipinski definition) is 3. The highest BCUT2D eigenvalue weighted by Gasteiger charge is 2.32. The molecule has 2 aromatic carbocycles. The Morgan fingerprint density at radius 3 is 2.19 bits per heavy atom. The highest BCUT2D eigenvalue weighted by atomic mass is 16.3. The van der Waals surface area contributed by atoms with Gasteiger partial charge in [-0.15, -0.1) is 0 Å². The Kier molecular flexibility index (Phi) is 4.73. The Labute approximate surface area is 124 Å². The van der Waals surface area contributed by atoms with Crippen molar-refractivity contribution in [2.24, 2.45) is 5.73 Å². The largest absolute Gasteiger partial charge is 0.392 e. The van der Waals surface area contributed by atoms with Crippen molar-refractivity contribution in [3.8, 4) is 0 Å². The maximum absolute atomic E-state index is 11.9. The smallest absolute Gasteiger partial charge is 0.242 e. The number of nitrogens with one attached hydrogen (secondary N) is 1. The monoisotopic (exact) mass is 284 g/mol. The zero-order valence-corrected chi connectivity index (χ0v) is 12.0. The van der Waals surface area contributed by atoms with Crippen molar-refractivity contribution in [1.82, 2.24) is 5.32 Å². The van der Waals surface area contributed by atoms with Crippen molar-refractivity contribution in [2.45, 2.75) is 25.6 Å². The van der Waals surface area contributed by atoms with Crippen molar-refractivity contribution in [3.63, 3.8) is 0 Å². The van der Waals surface area contributed by atoms with Gasteiger partial charge in [0.15, 0.2) is 0 Å². The van der Waals surface area contributed by atoms with E-state index in [2.05, 4.69) is 5.32 Å². The van der Waals surface area contributed by atoms with E-state index < -0.39 is 11.4 Å². The lowest BCUT2D eigenvalue weighted by Gasteiger charge is -2.28. The van der Waals surface area contributed by atoms with Gasteiger partial charge in [0.05, 0.1) is 6.61 Å². The van der Waals surface area contributed by atoms with Gasteiger partial charge in [-0.3, -0.25) is 10.1 Å². The molecule has 0 heterocycles. The molecule has 1 unspecified atom stereocenters. The fourth-order valence-electron chi connectivity index (χ4n) is 2.14. The average molecular weight is 284 g/mol. The normalized spacial score (nSPS) is 13.6. The van der Waals surface area contributed by atoms with Crippen LogP contribution in [0.4, 0.5) is 0 Å². The topological polar surface area (TPSA) is 75.3 Å². The van der Waals surface area contributed by atoms with Gasteiger partial charge in [0.25, 0.3) is 0 Å². The van der Waals surface area contributed by atoms with Gasteiger partial charge >= 0.3 is 0 Å². The number of hydrogen-bond acceptors (Lipinski definition) is 3. The molecule has 2 aromatic rings. The number of primary amides is 1. The van der Waals surface area contributed by atoms with E-state index in [4.69, 9.17) is 10.8 Å². The molecule has 0 radical (unpaired) electrons. The maximum atomic E-state index is 11.9. The number of carbonyl (C=O) groups is 1. The number of nitrogens with two attached hydrogens (primary N) is 1. The van der Waals surface area contributed by atoms with Gasteiger partial charge in [-0.05, 0) is 23.6 Å². The standard InChI is InChI=1S/C17H20N2O2/c1-17(16(18)21,15-5-3-2-4-6-15)19-11-13-7-9-14(12-20)10-8-13/h2-10,19-20H,11-12H2,1H3,(H2,18,21). The van der Waals surface area contributed by atoms with E-state index in [9.17, 15) is 4.79 Å². The van der Waals surface area contributed by atoms with Crippen LogP contribution in [0.1, 0.15) is 23.6 Å². The molecular weight excluding hydrogens is 264 g/mol. The van der Waals surface area contributed by atoms with Crippen LogP contribution in [0.2, 0.25) is 0 Å². The molecule has 0 aliphatic rings. The molecule has 0 aliphatic heterocycles. The van der Waals surface area contributed by atoms with Crippen molar-refractivity contribution < 1.29 is 9.90 Å². The van der Waals surface area contributed by atoms with Crippen LogP contribution < -0.4 is 11.1 Å². The van der Waals surface area contributed by atoms with Gasteiger partial charge in [0.1, 0.15) is 5.54 Å². The lowest BCUT2D eigenvalue weighted by atomic mass is 9.91. The third kappa shape index (κ3) is 3.48. The van der Waals surface area contributed by atoms with Crippen LogP contribution in [-0.4, -0.2) is 11.0 Å². The van der Waals surface area contributed by atoms with Crippen molar-refractivity contribution in [1.29, 1.82) is 0 Å². The molecule has 0 spiro atoms. The molecule has 2 rings (SSSR count). The van der Waals surface area contributed by atoms with Crippen LogP contribution in [0.25, 0.3) is 0 Å². The number of rotatable bonds is 6. The third-order valence-electron chi connectivity index (χ3n) is 3.70. The summed E-state index contributed by atoms with van der Waals surface area (Å²) in [4.78, 5) is 11.9. The molecule has 0 aliphatic carbocycles. The van der Waals surface area contributed by atoms with E-state index in [-0.39, 0.29) is 6.61 Å². The molecular formula is C17H20N2O2. The molecule has 0 aromatic heterocycles. The summed E-state index contributed by atoms with van der Waals surface area (Å²) < 4.78 is 0. The molecule has 1 atom stereocenters. The molecule has 0 fully saturated rings. The summed E-state index contributed by atoms with van der Waals surface area (Å²) in [7, 11) is 0. The molecule has 21 heavy (non-hydrogen) atoms. The minimum atomic E-state index is -0.920. The van der Waals surface area contributed by atoms with Crippen molar-refractivity contribution in [2.75, 3.05) is 0 Å². The van der Waals surface area contributed by atoms with E-state index in [0.717, 1.165) is 16.7 Å². The third-order valence-corrected chi connectivity index (χ3v) is 3.70. The molecule has 0 bridgehead atoms. The van der Waals surface area contributed by atoms with E-state index in [1.54, 1.807) is 6.92 Å². The van der Waals surface area contributed by atoms with Crippen molar-refractivity contribution in [3.05, 3.63) is 71.3 Å². The second-order valence-electron chi connectivity index (χ2n) is 5.18. The van der Waals surface area contributed by atoms with E-state index >= 15 is 0 Å². The Morgan fingerprint density at radius 1 is 1.10 bits per heavy atom. The first kappa shape index (κ1) is 15.2. The predicted octanol–water partition coefficient (Wildman–Crippen LogP) is 1.67. The minimum absolute atomic E-state index is 0.0245. The zero-order valence-electron chi connectivity index (χ0n) is 12.0. The summed E-state index contributed by atoms with van der Waals surface area (Å²) in [5.41, 5.74) is 7.38. The van der Waals surface area contributed by atoms with Crippen LogP contribution in [0.15, 0.2) is 54.6 Å². The first-order valence-corrected chi connectivity index (χ1v) is 6.85. The number of benzene rings is 2. The van der Waals surface area contributed by atoms with E-state index in [0.29, 0.717) is 6.54 Å². The van der Waals surface area contributed by atoms with Gasteiger partial charge in [0, 0.05) is 6.54 Å². The Bertz CT molecular complexity index is 596. The van der Waals surface area contributed by atoms with Crippen LogP contribution in [0.5, 0.6) is 0 Å². The summed E-state index contributed by atoms with van der Waals surface area (Å²) in [5.74, 6) is -0.416. The lowest BCUT2D eigenvalue weighted by molar-refractivity contribution is -0.124. The summed E-state index contributed by atoms with van der Waals surface area (Å²) in [6, 6.07) is 17.0. The Morgan fingerprint density at radius 2 is 1.67 bits per heavy atom. The van der Waals surface area contributed by atoms with Gasteiger partial charge in [0.2, 0.25) is 5.91 Å². The number of aliphatic hydroxyl groups excluding tert-OH is 1. The first-order valence-electron chi connectivity index (χ1n) is 6.85. The molecule has 110 valence electrons. The SMILES string of the molecule is CC(NCc1ccc(CO)cc1)(C(N)=O)c1ccccc1. The molecule has 0 saturated heterocycles. The minimum Gasteiger partial charge on any atom is -0.392 e. The Balaban J connectivity index is 2.15. The van der Waals surface area contributed by atoms with Gasteiger partial charge < -0.3 is 10.8 Å². The quantitative estimate of drug-likeness (QED) is 0.755. The Hall–Kier alpha value is -2.17. The second-order valence-corrected chi connectivity index (χ2v) is 5.18. The maximum Gasteiger partial charge on any atom is 0.242 e. The fourth-order valence-corrected chi connectivity index (χ4v) is 2.14. The second kappa shape index (κ2) is 6.52. The summed E-state index contributed by atoms with van der Waals surface area (Å²) >= 11 is 0. The number of amides is 1. The summed E-state index contributed by atoms with van der Waals surface area (Å²) in [5, 5.41) is 12.3. The molecule has 4 heteroatoms. The zero-order chi connectivity index (χ0) is 15.3. The molecule has 1 amide bonds. The van der Waals surface area contributed by atoms with Crippen LogP contribution in [0.3, 0.4) is 0 Å². The number of aliphatic hydroxyl groups is 1. The van der Waals surface area contributed by atoms with Gasteiger partial charge in [-0.1, -0.05) is 54.6 Å². The molecule has 0 saturated carbocycles. The summed E-state index contributed by atoms with van der Waals surface area (Å²) in [6.45, 7) is 2.32.